The number of aliphatic hydroxyl groups is 1. The van der Waals surface area contributed by atoms with E-state index in [1.807, 2.05) is 0 Å². The van der Waals surface area contributed by atoms with E-state index < -0.39 is 0 Å². The number of aliphatic hydroxyl groups excluding tert-OH is 1. The van der Waals surface area contributed by atoms with Crippen LogP contribution in [-0.4, -0.2) is 11.2 Å². The molecule has 0 aromatic carbocycles. The Morgan fingerprint density at radius 1 is 1.00 bits per heavy atom. The molecule has 1 N–H and O–H groups in total. The van der Waals surface area contributed by atoms with E-state index in [-0.39, 0.29) is 6.10 Å². The minimum atomic E-state index is -0.00775. The van der Waals surface area contributed by atoms with Gasteiger partial charge in [0, 0.05) is 0 Å². The summed E-state index contributed by atoms with van der Waals surface area (Å²) in [5.74, 6) is 3.61. The van der Waals surface area contributed by atoms with Crippen molar-refractivity contribution < 1.29 is 5.11 Å². The van der Waals surface area contributed by atoms with Crippen molar-refractivity contribution in [3.63, 3.8) is 0 Å². The van der Waals surface area contributed by atoms with Gasteiger partial charge in [0.15, 0.2) is 0 Å². The molecule has 0 saturated heterocycles. The number of hydrogen-bond acceptors (Lipinski definition) is 1. The molecule has 1 nitrogen and oxygen atoms in total. The van der Waals surface area contributed by atoms with E-state index in [2.05, 4.69) is 26.0 Å². The maximum absolute atomic E-state index is 10.0. The van der Waals surface area contributed by atoms with E-state index in [9.17, 15) is 5.11 Å². The highest BCUT2D eigenvalue weighted by atomic mass is 16.3. The molecule has 112 valence electrons. The molecule has 3 fully saturated rings. The van der Waals surface area contributed by atoms with Crippen LogP contribution >= 0.6 is 0 Å². The summed E-state index contributed by atoms with van der Waals surface area (Å²) in [4.78, 5) is 0. The third-order valence-corrected chi connectivity index (χ3v) is 7.96. The minimum Gasteiger partial charge on any atom is -0.393 e. The van der Waals surface area contributed by atoms with E-state index in [4.69, 9.17) is 0 Å². The first-order valence-corrected chi connectivity index (χ1v) is 8.89. The molecule has 3 saturated carbocycles. The molecule has 4 rings (SSSR count). The smallest absolute Gasteiger partial charge is 0.0543 e. The fraction of sp³-hybridized carbons (Fsp3) is 0.895. The monoisotopic (exact) mass is 274 g/mol. The Balaban J connectivity index is 1.63. The predicted octanol–water partition coefficient (Wildman–Crippen LogP) is 4.56. The molecule has 4 aliphatic carbocycles. The minimum absolute atomic E-state index is 0.00775. The summed E-state index contributed by atoms with van der Waals surface area (Å²) in [6.45, 7) is 5.09. The van der Waals surface area contributed by atoms with Gasteiger partial charge in [-0.15, -0.1) is 0 Å². The molecule has 1 heteroatoms. The highest BCUT2D eigenvalue weighted by Crippen LogP contribution is 2.64. The van der Waals surface area contributed by atoms with Crippen molar-refractivity contribution in [3.8, 4) is 0 Å². The molecule has 6 unspecified atom stereocenters. The molecule has 0 radical (unpaired) electrons. The normalized spacial score (nSPS) is 57.9. The largest absolute Gasteiger partial charge is 0.393 e. The van der Waals surface area contributed by atoms with Gasteiger partial charge in [-0.05, 0) is 85.9 Å². The first-order chi connectivity index (χ1) is 9.53. The Morgan fingerprint density at radius 3 is 2.70 bits per heavy atom. The van der Waals surface area contributed by atoms with Crippen molar-refractivity contribution in [2.24, 2.45) is 34.5 Å². The van der Waals surface area contributed by atoms with Crippen LogP contribution < -0.4 is 0 Å². The summed E-state index contributed by atoms with van der Waals surface area (Å²) >= 11 is 0. The van der Waals surface area contributed by atoms with E-state index in [1.165, 1.54) is 38.5 Å². The van der Waals surface area contributed by atoms with Crippen LogP contribution in [0.25, 0.3) is 0 Å². The van der Waals surface area contributed by atoms with Crippen LogP contribution in [0.15, 0.2) is 12.2 Å². The lowest BCUT2D eigenvalue weighted by molar-refractivity contribution is -0.116. The lowest BCUT2D eigenvalue weighted by Gasteiger charge is -2.60. The average molecular weight is 274 g/mol. The van der Waals surface area contributed by atoms with Crippen molar-refractivity contribution in [3.05, 3.63) is 12.2 Å². The van der Waals surface area contributed by atoms with Crippen LogP contribution in [0.4, 0.5) is 0 Å². The first-order valence-electron chi connectivity index (χ1n) is 8.89. The summed E-state index contributed by atoms with van der Waals surface area (Å²) in [6.07, 6.45) is 15.4. The van der Waals surface area contributed by atoms with E-state index in [1.54, 1.807) is 0 Å². The third kappa shape index (κ3) is 1.71. The fourth-order valence-electron chi connectivity index (χ4n) is 6.72. The van der Waals surface area contributed by atoms with Crippen molar-refractivity contribution in [2.45, 2.75) is 71.3 Å². The van der Waals surface area contributed by atoms with Crippen LogP contribution in [0.2, 0.25) is 0 Å². The highest BCUT2D eigenvalue weighted by Gasteiger charge is 2.56. The van der Waals surface area contributed by atoms with E-state index in [0.29, 0.717) is 10.8 Å². The molecular formula is C19H30O. The van der Waals surface area contributed by atoms with Crippen LogP contribution in [0, 0.1) is 34.5 Å². The van der Waals surface area contributed by atoms with Gasteiger partial charge >= 0.3 is 0 Å². The number of rotatable bonds is 0. The summed E-state index contributed by atoms with van der Waals surface area (Å²) in [6, 6.07) is 0. The quantitative estimate of drug-likeness (QED) is 0.642. The van der Waals surface area contributed by atoms with Gasteiger partial charge in [0.2, 0.25) is 0 Å². The Labute approximate surface area is 123 Å². The second kappa shape index (κ2) is 4.35. The second-order valence-electron chi connectivity index (χ2n) is 8.77. The SMILES string of the molecule is CC12C=CCC1C1CCC3CC(O)CCC3(C)[C@H]1CC2. The van der Waals surface area contributed by atoms with Crippen molar-refractivity contribution in [2.75, 3.05) is 0 Å². The van der Waals surface area contributed by atoms with Gasteiger partial charge in [-0.2, -0.15) is 0 Å². The lowest BCUT2D eigenvalue weighted by atomic mass is 9.45. The van der Waals surface area contributed by atoms with Gasteiger partial charge in [0.25, 0.3) is 0 Å². The molecule has 7 atom stereocenters. The number of allylic oxidation sites excluding steroid dienone is 2. The molecular weight excluding hydrogens is 244 g/mol. The molecule has 0 aromatic rings. The predicted molar refractivity (Wildman–Crippen MR) is 82.3 cm³/mol. The molecule has 0 aliphatic heterocycles. The van der Waals surface area contributed by atoms with Gasteiger partial charge in [0.1, 0.15) is 0 Å². The molecule has 0 bridgehead atoms. The maximum Gasteiger partial charge on any atom is 0.0543 e. The second-order valence-corrected chi connectivity index (χ2v) is 8.77. The molecule has 4 aliphatic rings. The van der Waals surface area contributed by atoms with Gasteiger partial charge in [-0.25, -0.2) is 0 Å². The van der Waals surface area contributed by atoms with Crippen LogP contribution in [0.3, 0.4) is 0 Å². The summed E-state index contributed by atoms with van der Waals surface area (Å²) < 4.78 is 0. The first kappa shape index (κ1) is 13.4. The van der Waals surface area contributed by atoms with Gasteiger partial charge in [0.05, 0.1) is 6.10 Å². The standard InChI is InChI=1S/C19H30O/c1-18-9-3-4-16(18)15-6-5-13-12-14(20)7-11-19(13,2)17(15)8-10-18/h3,9,13-17,20H,4-8,10-12H2,1-2H3/t13?,14?,15?,16?,17-,18?,19?/m0/s1. The number of fused-ring (bicyclic) bond motifs is 5. The van der Waals surface area contributed by atoms with Gasteiger partial charge < -0.3 is 5.11 Å². The number of hydrogen-bond donors (Lipinski definition) is 1. The van der Waals surface area contributed by atoms with Crippen molar-refractivity contribution in [1.82, 2.24) is 0 Å². The zero-order valence-corrected chi connectivity index (χ0v) is 13.1. The Kier molecular flexibility index (Phi) is 2.91. The average Bonchev–Trinajstić information content (AvgIpc) is 2.81. The van der Waals surface area contributed by atoms with Gasteiger partial charge in [-0.1, -0.05) is 26.0 Å². The van der Waals surface area contributed by atoms with Crippen molar-refractivity contribution >= 4 is 0 Å². The zero-order valence-electron chi connectivity index (χ0n) is 13.1. The van der Waals surface area contributed by atoms with Gasteiger partial charge in [-0.3, -0.25) is 0 Å². The van der Waals surface area contributed by atoms with Crippen molar-refractivity contribution in [1.29, 1.82) is 0 Å². The Bertz CT molecular complexity index is 427. The van der Waals surface area contributed by atoms with Crippen LogP contribution in [0.5, 0.6) is 0 Å². The molecule has 20 heavy (non-hydrogen) atoms. The topological polar surface area (TPSA) is 20.2 Å². The third-order valence-electron chi connectivity index (χ3n) is 7.96. The molecule has 0 aromatic heterocycles. The van der Waals surface area contributed by atoms with Crippen LogP contribution in [-0.2, 0) is 0 Å². The lowest BCUT2D eigenvalue weighted by Crippen LogP contribution is -2.53. The highest BCUT2D eigenvalue weighted by molar-refractivity contribution is 5.16. The Hall–Kier alpha value is -0.300. The summed E-state index contributed by atoms with van der Waals surface area (Å²) in [5, 5.41) is 10.0. The molecule has 0 amide bonds. The fourth-order valence-corrected chi connectivity index (χ4v) is 6.72. The van der Waals surface area contributed by atoms with E-state index in [0.717, 1.165) is 36.5 Å². The summed E-state index contributed by atoms with van der Waals surface area (Å²) in [5.41, 5.74) is 1.05. The van der Waals surface area contributed by atoms with E-state index >= 15 is 0 Å². The maximum atomic E-state index is 10.0. The zero-order chi connectivity index (χ0) is 14.0. The molecule has 0 spiro atoms. The Morgan fingerprint density at radius 2 is 1.85 bits per heavy atom. The molecule has 0 heterocycles. The summed E-state index contributed by atoms with van der Waals surface area (Å²) in [7, 11) is 0. The van der Waals surface area contributed by atoms with Crippen LogP contribution in [0.1, 0.15) is 65.2 Å².